The van der Waals surface area contributed by atoms with Gasteiger partial charge in [-0.25, -0.2) is 14.2 Å². The number of pyridine rings is 1. The Labute approximate surface area is 165 Å². The fourth-order valence-corrected chi connectivity index (χ4v) is 3.06. The molecule has 0 atom stereocenters. The van der Waals surface area contributed by atoms with Crippen LogP contribution in [-0.2, 0) is 6.54 Å². The van der Waals surface area contributed by atoms with Crippen molar-refractivity contribution in [1.82, 2.24) is 15.6 Å². The number of piperidine rings is 1. The SMILES string of the molecule is CC1CCN(c2ccc(CNC(=O)NCCOc3ccc(F)cc3)cn2)CC1. The first kappa shape index (κ1) is 19.9. The lowest BCUT2D eigenvalue weighted by Crippen LogP contribution is -2.37. The molecule has 1 aromatic heterocycles. The summed E-state index contributed by atoms with van der Waals surface area (Å²) in [6.45, 7) is 5.47. The first-order valence-electron chi connectivity index (χ1n) is 9.70. The number of nitrogens with one attached hydrogen (secondary N) is 2. The van der Waals surface area contributed by atoms with E-state index in [1.807, 2.05) is 18.3 Å². The molecule has 28 heavy (non-hydrogen) atoms. The summed E-state index contributed by atoms with van der Waals surface area (Å²) < 4.78 is 18.2. The van der Waals surface area contributed by atoms with E-state index in [-0.39, 0.29) is 11.8 Å². The number of benzene rings is 1. The molecule has 0 spiro atoms. The number of halogens is 1. The quantitative estimate of drug-likeness (QED) is 0.717. The lowest BCUT2D eigenvalue weighted by atomic mass is 9.99. The molecule has 0 radical (unpaired) electrons. The summed E-state index contributed by atoms with van der Waals surface area (Å²) in [6, 6.07) is 9.52. The van der Waals surface area contributed by atoms with Crippen molar-refractivity contribution in [2.45, 2.75) is 26.3 Å². The van der Waals surface area contributed by atoms with Crippen molar-refractivity contribution in [3.8, 4) is 5.75 Å². The van der Waals surface area contributed by atoms with E-state index < -0.39 is 0 Å². The first-order chi connectivity index (χ1) is 13.6. The predicted octanol–water partition coefficient (Wildman–Crippen LogP) is 3.34. The van der Waals surface area contributed by atoms with Crippen LogP contribution in [0.25, 0.3) is 0 Å². The zero-order valence-corrected chi connectivity index (χ0v) is 16.2. The van der Waals surface area contributed by atoms with E-state index in [1.54, 1.807) is 12.1 Å². The number of anilines is 1. The van der Waals surface area contributed by atoms with Crippen LogP contribution < -0.4 is 20.3 Å². The van der Waals surface area contributed by atoms with Crippen LogP contribution in [0.3, 0.4) is 0 Å². The topological polar surface area (TPSA) is 66.5 Å². The molecule has 2 heterocycles. The molecule has 150 valence electrons. The maximum Gasteiger partial charge on any atom is 0.315 e. The Morgan fingerprint density at radius 1 is 1.18 bits per heavy atom. The van der Waals surface area contributed by atoms with Crippen LogP contribution in [0.4, 0.5) is 15.0 Å². The number of hydrogen-bond donors (Lipinski definition) is 2. The zero-order chi connectivity index (χ0) is 19.8. The number of carbonyl (C=O) groups excluding carboxylic acids is 1. The summed E-state index contributed by atoms with van der Waals surface area (Å²) >= 11 is 0. The summed E-state index contributed by atoms with van der Waals surface area (Å²) in [7, 11) is 0. The second-order valence-corrected chi connectivity index (χ2v) is 7.11. The molecule has 2 N–H and O–H groups in total. The van der Waals surface area contributed by atoms with Crippen LogP contribution in [0.15, 0.2) is 42.6 Å². The van der Waals surface area contributed by atoms with Crippen LogP contribution in [0.2, 0.25) is 0 Å². The highest BCUT2D eigenvalue weighted by Gasteiger charge is 2.16. The average Bonchev–Trinajstić information content (AvgIpc) is 2.72. The highest BCUT2D eigenvalue weighted by molar-refractivity contribution is 5.73. The molecule has 1 saturated heterocycles. The first-order valence-corrected chi connectivity index (χ1v) is 9.70. The Hall–Kier alpha value is -2.83. The minimum Gasteiger partial charge on any atom is -0.492 e. The maximum absolute atomic E-state index is 12.8. The van der Waals surface area contributed by atoms with E-state index in [0.717, 1.165) is 30.4 Å². The lowest BCUT2D eigenvalue weighted by molar-refractivity contribution is 0.236. The van der Waals surface area contributed by atoms with Gasteiger partial charge in [-0.05, 0) is 54.7 Å². The molecule has 6 nitrogen and oxygen atoms in total. The van der Waals surface area contributed by atoms with E-state index in [2.05, 4.69) is 27.4 Å². The molecule has 0 unspecified atom stereocenters. The summed E-state index contributed by atoms with van der Waals surface area (Å²) in [5, 5.41) is 5.53. The molecule has 1 aromatic carbocycles. The number of amides is 2. The fraction of sp³-hybridized carbons (Fsp3) is 0.429. The van der Waals surface area contributed by atoms with Gasteiger partial charge in [0.1, 0.15) is 24.0 Å². The van der Waals surface area contributed by atoms with Gasteiger partial charge in [-0.1, -0.05) is 13.0 Å². The normalized spacial score (nSPS) is 14.6. The van der Waals surface area contributed by atoms with Crippen molar-refractivity contribution in [3.63, 3.8) is 0 Å². The summed E-state index contributed by atoms with van der Waals surface area (Å²) in [4.78, 5) is 18.7. The highest BCUT2D eigenvalue weighted by atomic mass is 19.1. The van der Waals surface area contributed by atoms with Gasteiger partial charge in [0.15, 0.2) is 0 Å². The summed E-state index contributed by atoms with van der Waals surface area (Å²) in [5.41, 5.74) is 0.951. The van der Waals surface area contributed by atoms with Crippen molar-refractivity contribution in [3.05, 3.63) is 54.0 Å². The van der Waals surface area contributed by atoms with Gasteiger partial charge in [0.05, 0.1) is 6.54 Å². The minimum atomic E-state index is -0.307. The van der Waals surface area contributed by atoms with E-state index in [0.29, 0.717) is 25.4 Å². The van der Waals surface area contributed by atoms with E-state index in [1.165, 1.54) is 25.0 Å². The Morgan fingerprint density at radius 2 is 1.93 bits per heavy atom. The minimum absolute atomic E-state index is 0.267. The van der Waals surface area contributed by atoms with Crippen molar-refractivity contribution in [2.24, 2.45) is 5.92 Å². The van der Waals surface area contributed by atoms with Crippen LogP contribution in [0.1, 0.15) is 25.3 Å². The molecule has 1 fully saturated rings. The van der Waals surface area contributed by atoms with E-state index in [4.69, 9.17) is 4.74 Å². The van der Waals surface area contributed by atoms with Crippen LogP contribution in [0, 0.1) is 11.7 Å². The second kappa shape index (κ2) is 9.92. The second-order valence-electron chi connectivity index (χ2n) is 7.11. The fourth-order valence-electron chi connectivity index (χ4n) is 3.06. The molecule has 0 saturated carbocycles. The van der Waals surface area contributed by atoms with E-state index >= 15 is 0 Å². The molecule has 1 aliphatic rings. The third-order valence-electron chi connectivity index (χ3n) is 4.84. The number of ether oxygens (including phenoxy) is 1. The zero-order valence-electron chi connectivity index (χ0n) is 16.2. The molecule has 0 bridgehead atoms. The molecule has 3 rings (SSSR count). The lowest BCUT2D eigenvalue weighted by Gasteiger charge is -2.31. The third kappa shape index (κ3) is 6.11. The van der Waals surface area contributed by atoms with Crippen LogP contribution in [-0.4, -0.2) is 37.3 Å². The van der Waals surface area contributed by atoms with Gasteiger partial charge >= 0.3 is 6.03 Å². The van der Waals surface area contributed by atoms with Gasteiger partial charge in [0, 0.05) is 25.8 Å². The molecule has 1 aliphatic heterocycles. The average molecular weight is 386 g/mol. The number of nitrogens with zero attached hydrogens (tertiary/aromatic N) is 2. The molecule has 0 aliphatic carbocycles. The monoisotopic (exact) mass is 386 g/mol. The predicted molar refractivity (Wildman–Crippen MR) is 107 cm³/mol. The Balaban J connectivity index is 1.33. The largest absolute Gasteiger partial charge is 0.492 e. The Kier molecular flexibility index (Phi) is 7.06. The van der Waals surface area contributed by atoms with Gasteiger partial charge in [-0.15, -0.1) is 0 Å². The maximum atomic E-state index is 12.8. The van der Waals surface area contributed by atoms with Gasteiger partial charge in [-0.3, -0.25) is 0 Å². The van der Waals surface area contributed by atoms with Crippen molar-refractivity contribution in [1.29, 1.82) is 0 Å². The van der Waals surface area contributed by atoms with Gasteiger partial charge in [-0.2, -0.15) is 0 Å². The number of hydrogen-bond acceptors (Lipinski definition) is 4. The summed E-state index contributed by atoms with van der Waals surface area (Å²) in [6.07, 6.45) is 4.22. The number of carbonyl (C=O) groups is 1. The van der Waals surface area contributed by atoms with E-state index in [9.17, 15) is 9.18 Å². The smallest absolute Gasteiger partial charge is 0.315 e. The van der Waals surface area contributed by atoms with Gasteiger partial charge in [0.25, 0.3) is 0 Å². The number of aromatic nitrogens is 1. The molecule has 7 heteroatoms. The molecular formula is C21H27FN4O2. The molecule has 2 aromatic rings. The highest BCUT2D eigenvalue weighted by Crippen LogP contribution is 2.21. The van der Waals surface area contributed by atoms with Gasteiger partial charge < -0.3 is 20.3 Å². The molecule has 2 amide bonds. The van der Waals surface area contributed by atoms with Crippen molar-refractivity contribution < 1.29 is 13.9 Å². The number of urea groups is 1. The van der Waals surface area contributed by atoms with Crippen LogP contribution >= 0.6 is 0 Å². The standard InChI is InChI=1S/C21H27FN4O2/c1-16-8-11-26(12-9-16)20-7-2-17(14-24-20)15-25-21(27)23-10-13-28-19-5-3-18(22)4-6-19/h2-7,14,16H,8-13,15H2,1H3,(H2,23,25,27). The Bertz CT molecular complexity index is 744. The summed E-state index contributed by atoms with van der Waals surface area (Å²) in [5.74, 6) is 2.05. The third-order valence-corrected chi connectivity index (χ3v) is 4.84. The number of rotatable bonds is 7. The van der Waals surface area contributed by atoms with Crippen LogP contribution in [0.5, 0.6) is 5.75 Å². The van der Waals surface area contributed by atoms with Gasteiger partial charge in [0.2, 0.25) is 0 Å². The molecular weight excluding hydrogens is 359 g/mol. The van der Waals surface area contributed by atoms with Crippen molar-refractivity contribution in [2.75, 3.05) is 31.1 Å². The Morgan fingerprint density at radius 3 is 2.61 bits per heavy atom. The van der Waals surface area contributed by atoms with Crippen molar-refractivity contribution >= 4 is 11.8 Å².